The van der Waals surface area contributed by atoms with Crippen molar-refractivity contribution >= 4 is 23.2 Å². The van der Waals surface area contributed by atoms with Gasteiger partial charge in [0.25, 0.3) is 5.91 Å². The second-order valence-corrected chi connectivity index (χ2v) is 6.86. The lowest BCUT2D eigenvalue weighted by Crippen LogP contribution is -2.50. The van der Waals surface area contributed by atoms with E-state index in [1.807, 2.05) is 44.2 Å². The number of rotatable bonds is 6. The van der Waals surface area contributed by atoms with Crippen LogP contribution in [0.1, 0.15) is 31.3 Å². The highest BCUT2D eigenvalue weighted by atomic mass is 32.1. The highest BCUT2D eigenvalue weighted by molar-refractivity contribution is 7.13. The molecule has 6 nitrogen and oxygen atoms in total. The number of nitrogens with zero attached hydrogens (tertiary/aromatic N) is 2. The van der Waals surface area contributed by atoms with E-state index < -0.39 is 24.0 Å². The number of thiazole rings is 1. The summed E-state index contributed by atoms with van der Waals surface area (Å²) in [5, 5.41) is 14.1. The van der Waals surface area contributed by atoms with Crippen molar-refractivity contribution < 1.29 is 14.3 Å². The Kier molecular flexibility index (Phi) is 5.88. The first-order valence-electron chi connectivity index (χ1n) is 7.76. The van der Waals surface area contributed by atoms with Gasteiger partial charge in [-0.3, -0.25) is 4.79 Å². The van der Waals surface area contributed by atoms with Crippen molar-refractivity contribution in [1.82, 2.24) is 10.3 Å². The Hall–Kier alpha value is -2.72. The number of hydrogen-bond acceptors (Lipinski definition) is 6. The molecule has 0 aliphatic heterocycles. The summed E-state index contributed by atoms with van der Waals surface area (Å²) < 4.78 is 4.99. The average Bonchev–Trinajstić information content (AvgIpc) is 3.10. The van der Waals surface area contributed by atoms with Crippen LogP contribution in [-0.2, 0) is 9.53 Å². The molecule has 0 aliphatic rings. The summed E-state index contributed by atoms with van der Waals surface area (Å²) in [4.78, 5) is 28.2. The molecular weight excluding hydrogens is 338 g/mol. The first-order valence-corrected chi connectivity index (χ1v) is 8.64. The van der Waals surface area contributed by atoms with Gasteiger partial charge < -0.3 is 10.1 Å². The zero-order valence-corrected chi connectivity index (χ0v) is 15.1. The molecule has 1 heterocycles. The van der Waals surface area contributed by atoms with Gasteiger partial charge in [0.1, 0.15) is 10.5 Å². The van der Waals surface area contributed by atoms with E-state index in [9.17, 15) is 14.9 Å². The zero-order chi connectivity index (χ0) is 18.4. The molecule has 130 valence electrons. The van der Waals surface area contributed by atoms with E-state index in [2.05, 4.69) is 16.4 Å². The van der Waals surface area contributed by atoms with Crippen LogP contribution in [0.3, 0.4) is 0 Å². The number of nitrogens with one attached hydrogen (secondary N) is 1. The van der Waals surface area contributed by atoms with Crippen LogP contribution in [0.4, 0.5) is 0 Å². The molecule has 7 heteroatoms. The van der Waals surface area contributed by atoms with Crippen LogP contribution < -0.4 is 5.32 Å². The van der Waals surface area contributed by atoms with Crippen LogP contribution in [0, 0.1) is 17.2 Å². The number of carbonyl (C=O) groups excluding carboxylic acids is 2. The Balaban J connectivity index is 1.94. The van der Waals surface area contributed by atoms with Crippen molar-refractivity contribution in [2.45, 2.75) is 26.3 Å². The van der Waals surface area contributed by atoms with Gasteiger partial charge >= 0.3 is 5.97 Å². The fourth-order valence-electron chi connectivity index (χ4n) is 1.91. The van der Waals surface area contributed by atoms with Crippen LogP contribution >= 0.6 is 11.3 Å². The number of nitriles is 1. The molecule has 0 fully saturated rings. The molecule has 0 saturated carbocycles. The van der Waals surface area contributed by atoms with Crippen LogP contribution in [0.15, 0.2) is 35.7 Å². The van der Waals surface area contributed by atoms with Crippen molar-refractivity contribution in [3.05, 3.63) is 41.4 Å². The zero-order valence-electron chi connectivity index (χ0n) is 14.3. The summed E-state index contributed by atoms with van der Waals surface area (Å²) in [6.45, 7) is 4.83. The molecule has 1 amide bonds. The lowest BCUT2D eigenvalue weighted by molar-refractivity contribution is -0.125. The molecule has 2 rings (SSSR count). The molecule has 0 unspecified atom stereocenters. The molecule has 0 saturated heterocycles. The van der Waals surface area contributed by atoms with Crippen LogP contribution in [-0.4, -0.2) is 29.0 Å². The number of ether oxygens (including phenoxy) is 1. The predicted molar refractivity (Wildman–Crippen MR) is 94.8 cm³/mol. The first kappa shape index (κ1) is 18.6. The van der Waals surface area contributed by atoms with Gasteiger partial charge in [0.05, 0.1) is 6.07 Å². The van der Waals surface area contributed by atoms with Gasteiger partial charge in [0, 0.05) is 10.9 Å². The van der Waals surface area contributed by atoms with Crippen molar-refractivity contribution in [3.63, 3.8) is 0 Å². The molecule has 0 aliphatic carbocycles. The minimum Gasteiger partial charge on any atom is -0.451 e. The fourth-order valence-corrected chi connectivity index (χ4v) is 2.71. The second-order valence-electron chi connectivity index (χ2n) is 6.00. The summed E-state index contributed by atoms with van der Waals surface area (Å²) in [6.07, 6.45) is 0. The molecule has 1 aromatic heterocycles. The third-order valence-electron chi connectivity index (χ3n) is 3.85. The highest BCUT2D eigenvalue weighted by Crippen LogP contribution is 2.23. The van der Waals surface area contributed by atoms with Crippen molar-refractivity contribution in [1.29, 1.82) is 5.26 Å². The van der Waals surface area contributed by atoms with E-state index in [4.69, 9.17) is 4.74 Å². The van der Waals surface area contributed by atoms with Gasteiger partial charge in [-0.15, -0.1) is 11.3 Å². The standard InChI is InChI=1S/C18H19N3O3S/c1-12(2)18(3,11-19)21-15(22)9-24-17(23)14-10-25-16(20-14)13-7-5-4-6-8-13/h4-8,10,12H,9H2,1-3H3,(H,21,22)/t18-/m1/s1. The Morgan fingerprint density at radius 2 is 2.04 bits per heavy atom. The van der Waals surface area contributed by atoms with Crippen LogP contribution in [0.25, 0.3) is 10.6 Å². The lowest BCUT2D eigenvalue weighted by Gasteiger charge is -2.27. The van der Waals surface area contributed by atoms with Crippen molar-refractivity contribution in [3.8, 4) is 16.6 Å². The Bertz CT molecular complexity index is 795. The van der Waals surface area contributed by atoms with E-state index in [1.54, 1.807) is 12.3 Å². The molecule has 1 N–H and O–H groups in total. The summed E-state index contributed by atoms with van der Waals surface area (Å²) in [5.74, 6) is -1.27. The Morgan fingerprint density at radius 3 is 2.64 bits per heavy atom. The molecule has 1 atom stereocenters. The third-order valence-corrected chi connectivity index (χ3v) is 4.75. The predicted octanol–water partition coefficient (Wildman–Crippen LogP) is 3.02. The van der Waals surface area contributed by atoms with Crippen LogP contribution in [0.5, 0.6) is 0 Å². The van der Waals surface area contributed by atoms with Gasteiger partial charge in [0.15, 0.2) is 12.3 Å². The number of carbonyl (C=O) groups is 2. The first-order chi connectivity index (χ1) is 11.9. The number of aromatic nitrogens is 1. The summed E-state index contributed by atoms with van der Waals surface area (Å²) >= 11 is 1.33. The van der Waals surface area contributed by atoms with E-state index in [-0.39, 0.29) is 11.6 Å². The molecular formula is C18H19N3O3S. The third kappa shape index (κ3) is 4.64. The van der Waals surface area contributed by atoms with E-state index in [1.165, 1.54) is 11.3 Å². The minimum absolute atomic E-state index is 0.0795. The average molecular weight is 357 g/mol. The quantitative estimate of drug-likeness (QED) is 0.802. The Morgan fingerprint density at radius 1 is 1.36 bits per heavy atom. The number of hydrogen-bond donors (Lipinski definition) is 1. The van der Waals surface area contributed by atoms with Crippen molar-refractivity contribution in [2.75, 3.05) is 6.61 Å². The summed E-state index contributed by atoms with van der Waals surface area (Å²) in [6, 6.07) is 11.5. The van der Waals surface area contributed by atoms with E-state index in [0.29, 0.717) is 5.01 Å². The maximum absolute atomic E-state index is 12.0. The molecule has 1 aromatic carbocycles. The lowest BCUT2D eigenvalue weighted by atomic mass is 9.90. The van der Waals surface area contributed by atoms with Crippen molar-refractivity contribution in [2.24, 2.45) is 5.92 Å². The molecule has 0 radical (unpaired) electrons. The smallest absolute Gasteiger partial charge is 0.358 e. The van der Waals surface area contributed by atoms with Gasteiger partial charge in [-0.25, -0.2) is 9.78 Å². The largest absolute Gasteiger partial charge is 0.451 e. The fraction of sp³-hybridized carbons (Fsp3) is 0.333. The maximum atomic E-state index is 12.0. The van der Waals surface area contributed by atoms with Gasteiger partial charge in [-0.2, -0.15) is 5.26 Å². The normalized spacial score (nSPS) is 12.9. The van der Waals surface area contributed by atoms with Crippen LogP contribution in [0.2, 0.25) is 0 Å². The molecule has 2 aromatic rings. The number of benzene rings is 1. The summed E-state index contributed by atoms with van der Waals surface area (Å²) in [5.41, 5.74) is 0.0551. The van der Waals surface area contributed by atoms with E-state index in [0.717, 1.165) is 5.56 Å². The highest BCUT2D eigenvalue weighted by Gasteiger charge is 2.30. The maximum Gasteiger partial charge on any atom is 0.358 e. The molecule has 0 spiro atoms. The number of esters is 1. The van der Waals surface area contributed by atoms with Gasteiger partial charge in [-0.1, -0.05) is 44.2 Å². The topological polar surface area (TPSA) is 92.1 Å². The monoisotopic (exact) mass is 357 g/mol. The molecule has 0 bridgehead atoms. The van der Waals surface area contributed by atoms with Gasteiger partial charge in [0.2, 0.25) is 0 Å². The number of amides is 1. The second kappa shape index (κ2) is 7.90. The van der Waals surface area contributed by atoms with E-state index >= 15 is 0 Å². The minimum atomic E-state index is -1.01. The molecule has 25 heavy (non-hydrogen) atoms. The van der Waals surface area contributed by atoms with Gasteiger partial charge in [-0.05, 0) is 12.8 Å². The SMILES string of the molecule is CC(C)[C@@](C)(C#N)NC(=O)COC(=O)c1csc(-c2ccccc2)n1. The Labute approximate surface area is 150 Å². The summed E-state index contributed by atoms with van der Waals surface area (Å²) in [7, 11) is 0.